The Balaban J connectivity index is 1.31. The minimum atomic E-state index is -1.16. The van der Waals surface area contributed by atoms with Gasteiger partial charge in [-0.15, -0.1) is 23.1 Å². The van der Waals surface area contributed by atoms with Crippen molar-refractivity contribution in [2.75, 3.05) is 25.2 Å². The van der Waals surface area contributed by atoms with Crippen LogP contribution in [0.1, 0.15) is 37.4 Å². The molecule has 1 fully saturated rings. The van der Waals surface area contributed by atoms with Crippen LogP contribution in [0.4, 0.5) is 0 Å². The summed E-state index contributed by atoms with van der Waals surface area (Å²) in [6, 6.07) is -1.49. The molecular weight excluding hydrogens is 719 g/mol. The van der Waals surface area contributed by atoms with Crippen molar-refractivity contribution in [3.05, 3.63) is 48.1 Å². The van der Waals surface area contributed by atoms with Gasteiger partial charge < -0.3 is 35.9 Å². The molecule has 3 amide bonds. The number of thioether (sulfide) groups is 2. The van der Waals surface area contributed by atoms with Gasteiger partial charge in [-0.25, -0.2) is 14.6 Å². The van der Waals surface area contributed by atoms with Gasteiger partial charge in [0.2, 0.25) is 11.8 Å². The molecule has 0 spiro atoms. The van der Waals surface area contributed by atoms with Gasteiger partial charge in [-0.05, 0) is 11.5 Å². The van der Waals surface area contributed by atoms with E-state index in [4.69, 9.17) is 4.84 Å². The largest absolute Gasteiger partial charge is 0.480 e. The number of carbonyl (C=O) groups is 5. The van der Waals surface area contributed by atoms with Crippen molar-refractivity contribution in [3.8, 4) is 0 Å². The number of aromatic amines is 1. The normalized spacial score (nSPS) is 17.8. The van der Waals surface area contributed by atoms with E-state index in [9.17, 15) is 43.8 Å². The average molecular weight is 754 g/mol. The number of H-pyrrole nitrogens is 1. The molecule has 0 aromatic carbocycles. The minimum absolute atomic E-state index is 0.00649. The zero-order valence-electron chi connectivity index (χ0n) is 27.3. The van der Waals surface area contributed by atoms with E-state index in [2.05, 4.69) is 36.2 Å². The molecular formula is C28H35N9O10S3. The topological polar surface area (TPSA) is 267 Å². The second-order valence-electron chi connectivity index (χ2n) is 11.3. The van der Waals surface area contributed by atoms with Gasteiger partial charge in [-0.1, -0.05) is 30.8 Å². The molecule has 4 rings (SSSR count). The maximum absolute atomic E-state index is 13.3. The van der Waals surface area contributed by atoms with Gasteiger partial charge in [-0.2, -0.15) is 4.98 Å². The van der Waals surface area contributed by atoms with E-state index in [0.29, 0.717) is 16.3 Å². The second-order valence-corrected chi connectivity index (χ2v) is 14.3. The number of aryl methyl sites for hydroxylation is 1. The molecule has 50 heavy (non-hydrogen) atoms. The Hall–Kier alpha value is -4.70. The summed E-state index contributed by atoms with van der Waals surface area (Å²) in [7, 11) is 2.78. The fourth-order valence-electron chi connectivity index (χ4n) is 4.89. The number of nitrogens with one attached hydrogen (secondary N) is 4. The number of carboxylic acid groups (broad SMARTS) is 2. The number of nitrogens with zero attached hydrogens (tertiary/aromatic N) is 5. The smallest absolute Gasteiger partial charge is 0.352 e. The molecule has 22 heteroatoms. The summed E-state index contributed by atoms with van der Waals surface area (Å²) >= 11 is 3.71. The summed E-state index contributed by atoms with van der Waals surface area (Å²) in [6.07, 6.45) is -0.369. The van der Waals surface area contributed by atoms with Crippen molar-refractivity contribution >= 4 is 70.2 Å². The second kappa shape index (κ2) is 16.8. The first kappa shape index (κ1) is 38.1. The Morgan fingerprint density at radius 2 is 1.88 bits per heavy atom. The van der Waals surface area contributed by atoms with Crippen LogP contribution in [0, 0.1) is 5.92 Å². The van der Waals surface area contributed by atoms with Crippen LogP contribution in [0.15, 0.2) is 36.6 Å². The Morgan fingerprint density at radius 3 is 2.54 bits per heavy atom. The van der Waals surface area contributed by atoms with E-state index in [0.717, 1.165) is 23.1 Å². The molecule has 4 heterocycles. The van der Waals surface area contributed by atoms with Crippen LogP contribution in [-0.2, 0) is 42.4 Å². The number of hydrogen-bond donors (Lipinski definition) is 6. The van der Waals surface area contributed by atoms with Crippen molar-refractivity contribution in [3.63, 3.8) is 0 Å². The van der Waals surface area contributed by atoms with E-state index in [-0.39, 0.29) is 65.2 Å². The van der Waals surface area contributed by atoms with E-state index in [1.165, 1.54) is 30.6 Å². The lowest BCUT2D eigenvalue weighted by Crippen LogP contribution is -2.67. The number of rotatable bonds is 16. The lowest BCUT2D eigenvalue weighted by atomic mass is 10.0. The van der Waals surface area contributed by atoms with Crippen LogP contribution >= 0.6 is 34.9 Å². The monoisotopic (exact) mass is 753 g/mol. The molecule has 3 atom stereocenters. The first-order chi connectivity index (χ1) is 23.7. The number of amides is 3. The summed E-state index contributed by atoms with van der Waals surface area (Å²) in [5, 5.41) is 35.2. The summed E-state index contributed by atoms with van der Waals surface area (Å²) < 4.78 is 1.29. The van der Waals surface area contributed by atoms with E-state index in [1.54, 1.807) is 24.1 Å². The van der Waals surface area contributed by atoms with Gasteiger partial charge in [0, 0.05) is 43.3 Å². The van der Waals surface area contributed by atoms with Crippen molar-refractivity contribution in [1.29, 1.82) is 0 Å². The van der Waals surface area contributed by atoms with Crippen molar-refractivity contribution in [1.82, 2.24) is 40.6 Å². The molecule has 2 aliphatic rings. The van der Waals surface area contributed by atoms with E-state index >= 15 is 0 Å². The summed E-state index contributed by atoms with van der Waals surface area (Å²) in [4.78, 5) is 99.1. The summed E-state index contributed by atoms with van der Waals surface area (Å²) in [6.45, 7) is 3.53. The van der Waals surface area contributed by atoms with Crippen molar-refractivity contribution in [2.24, 2.45) is 18.1 Å². The molecule has 0 radical (unpaired) electrons. The van der Waals surface area contributed by atoms with Crippen LogP contribution in [-0.4, -0.2) is 113 Å². The lowest BCUT2D eigenvalue weighted by Gasteiger charge is -2.52. The number of hydrogen-bond acceptors (Lipinski definition) is 15. The van der Waals surface area contributed by atoms with E-state index < -0.39 is 52.9 Å². The van der Waals surface area contributed by atoms with E-state index in [1.807, 2.05) is 0 Å². The predicted octanol–water partition coefficient (Wildman–Crippen LogP) is -1.10. The molecule has 0 unspecified atom stereocenters. The molecule has 270 valence electrons. The predicted molar refractivity (Wildman–Crippen MR) is 182 cm³/mol. The number of oxime groups is 1. The van der Waals surface area contributed by atoms with Gasteiger partial charge in [-0.3, -0.25) is 33.8 Å². The first-order valence-corrected chi connectivity index (χ1v) is 17.9. The number of aromatic nitrogens is 4. The third kappa shape index (κ3) is 9.29. The standard InChI is InChI=1S/C28H35N9O10S3/c1-12(2)19(26(43)44)32-17(39)6-5-16(38)29-7-18-30-15(11-48-18)20(35-47-4)22(40)31-14-8-37-21(27(45)46)13(9-49-25(14)37)10-50-28-33-23(41)24(42)34-36(28)3/h11-12,14,19,25H,5-10H2,1-4H3,(H,29,38)(H,31,40)(H,32,39)(H,34,42)(H,43,44)(H,45,46)/b35-20-/t14-,19+,25-/m1/s1. The van der Waals surface area contributed by atoms with Crippen molar-refractivity contribution < 1.29 is 39.0 Å². The fraction of sp³-hybridized carbons (Fsp3) is 0.500. The molecule has 0 aliphatic carbocycles. The fourth-order valence-corrected chi connectivity index (χ4v) is 8.04. The lowest BCUT2D eigenvalue weighted by molar-refractivity contribution is -0.143. The first-order valence-electron chi connectivity index (χ1n) is 15.0. The third-order valence-electron chi connectivity index (χ3n) is 7.39. The van der Waals surface area contributed by atoms with Crippen LogP contribution < -0.4 is 27.1 Å². The van der Waals surface area contributed by atoms with Crippen LogP contribution in [0.3, 0.4) is 0 Å². The zero-order valence-corrected chi connectivity index (χ0v) is 29.7. The highest BCUT2D eigenvalue weighted by atomic mass is 32.2. The maximum Gasteiger partial charge on any atom is 0.352 e. The molecule has 0 bridgehead atoms. The Labute approximate surface area is 296 Å². The molecule has 2 aliphatic heterocycles. The molecule has 2 aromatic heterocycles. The van der Waals surface area contributed by atoms with Gasteiger partial charge in [0.25, 0.3) is 5.91 Å². The SMILES string of the molecule is CO/N=C(\C(=O)N[C@@H]1CN2C(C(=O)O)=C(CSc3nc(=O)c(=O)[nH]n3C)CS[C@H]12)c1csc(CNC(=O)CCC(=O)N[C@H](C(=O)O)C(C)C)n1. The third-order valence-corrected chi connectivity index (χ3v) is 10.8. The number of carbonyl (C=O) groups excluding carboxylic acids is 3. The number of carboxylic acids is 2. The van der Waals surface area contributed by atoms with Crippen molar-refractivity contribution in [2.45, 2.75) is 55.8 Å². The number of aliphatic carboxylic acids is 2. The Kier molecular flexibility index (Phi) is 12.8. The van der Waals surface area contributed by atoms with Gasteiger partial charge in [0.1, 0.15) is 29.6 Å². The molecule has 1 saturated heterocycles. The van der Waals surface area contributed by atoms with Gasteiger partial charge in [0.05, 0.1) is 18.0 Å². The van der Waals surface area contributed by atoms with Gasteiger partial charge in [0.15, 0.2) is 10.9 Å². The minimum Gasteiger partial charge on any atom is -0.480 e. The maximum atomic E-state index is 13.3. The highest BCUT2D eigenvalue weighted by Crippen LogP contribution is 2.40. The van der Waals surface area contributed by atoms with Crippen LogP contribution in [0.5, 0.6) is 0 Å². The quantitative estimate of drug-likeness (QED) is 0.0514. The zero-order chi connectivity index (χ0) is 36.7. The average Bonchev–Trinajstić information content (AvgIpc) is 3.52. The number of fused-ring (bicyclic) bond motifs is 1. The summed E-state index contributed by atoms with van der Waals surface area (Å²) in [5.41, 5.74) is -1.04. The highest BCUT2D eigenvalue weighted by molar-refractivity contribution is 8.00. The van der Waals surface area contributed by atoms with Crippen LogP contribution in [0.25, 0.3) is 0 Å². The Bertz CT molecular complexity index is 1840. The Morgan fingerprint density at radius 1 is 1.16 bits per heavy atom. The highest BCUT2D eigenvalue weighted by Gasteiger charge is 2.47. The van der Waals surface area contributed by atoms with Crippen LogP contribution in [0.2, 0.25) is 0 Å². The molecule has 6 N–H and O–H groups in total. The van der Waals surface area contributed by atoms with Gasteiger partial charge >= 0.3 is 23.1 Å². The summed E-state index contributed by atoms with van der Waals surface area (Å²) in [5.74, 6) is -3.69. The molecule has 19 nitrogen and oxygen atoms in total. The molecule has 0 saturated carbocycles. The molecule has 2 aromatic rings. The number of thiazole rings is 1.